The minimum absolute atomic E-state index is 0.307. The van der Waals surface area contributed by atoms with E-state index in [-0.39, 0.29) is 0 Å². The van der Waals surface area contributed by atoms with Gasteiger partial charge in [0.2, 0.25) is 0 Å². The summed E-state index contributed by atoms with van der Waals surface area (Å²) < 4.78 is 18.1. The van der Waals surface area contributed by atoms with Gasteiger partial charge in [-0.05, 0) is 32.3 Å². The third-order valence-corrected chi connectivity index (χ3v) is 6.95. The van der Waals surface area contributed by atoms with Crippen LogP contribution in [0.4, 0.5) is 0 Å². The molecule has 6 heteroatoms. The Hall–Kier alpha value is -1.82. The quantitative estimate of drug-likeness (QED) is 0.620. The summed E-state index contributed by atoms with van der Waals surface area (Å²) in [5, 5.41) is 8.33. The van der Waals surface area contributed by atoms with Gasteiger partial charge < -0.3 is 15.1 Å². The first kappa shape index (κ1) is 19.0. The lowest BCUT2D eigenvalue weighted by molar-refractivity contribution is 0.412. The van der Waals surface area contributed by atoms with E-state index >= 15 is 0 Å². The lowest BCUT2D eigenvalue weighted by Crippen LogP contribution is -2.46. The molecule has 5 nitrogen and oxygen atoms in total. The number of nitrogens with one attached hydrogen (secondary N) is 2. The number of hydrogen-bond acceptors (Lipinski definition) is 3. The van der Waals surface area contributed by atoms with Crippen LogP contribution >= 0.6 is 0 Å². The number of benzene rings is 1. The van der Waals surface area contributed by atoms with E-state index in [0.29, 0.717) is 17.8 Å². The first-order valence-electron chi connectivity index (χ1n) is 9.43. The van der Waals surface area contributed by atoms with Crippen LogP contribution in [0.5, 0.6) is 0 Å². The summed E-state index contributed by atoms with van der Waals surface area (Å²) in [5.74, 6) is 2.45. The molecule has 3 unspecified atom stereocenters. The van der Waals surface area contributed by atoms with Gasteiger partial charge in [-0.3, -0.25) is 9.20 Å². The van der Waals surface area contributed by atoms with Gasteiger partial charge in [-0.2, -0.15) is 0 Å². The number of para-hydroxylation sites is 1. The van der Waals surface area contributed by atoms with Gasteiger partial charge in [0.15, 0.2) is 5.96 Å². The predicted molar refractivity (Wildman–Crippen MR) is 109 cm³/mol. The number of fused-ring (bicyclic) bond motifs is 1. The van der Waals surface area contributed by atoms with Crippen LogP contribution < -0.4 is 10.6 Å². The Morgan fingerprint density at radius 1 is 1.35 bits per heavy atom. The van der Waals surface area contributed by atoms with Gasteiger partial charge in [-0.15, -0.1) is 0 Å². The van der Waals surface area contributed by atoms with Crippen LogP contribution in [0.2, 0.25) is 0 Å². The fourth-order valence-electron chi connectivity index (χ4n) is 3.70. The summed E-state index contributed by atoms with van der Waals surface area (Å²) in [4.78, 5) is 4.35. The van der Waals surface area contributed by atoms with Gasteiger partial charge in [-0.1, -0.05) is 31.5 Å². The van der Waals surface area contributed by atoms with Gasteiger partial charge in [0, 0.05) is 45.8 Å². The molecule has 142 valence electrons. The monoisotopic (exact) mass is 375 g/mol. The summed E-state index contributed by atoms with van der Waals surface area (Å²) in [6, 6.07) is 8.42. The molecule has 0 spiro atoms. The average Bonchev–Trinajstić information content (AvgIpc) is 3.00. The van der Waals surface area contributed by atoms with E-state index in [9.17, 15) is 4.21 Å². The van der Waals surface area contributed by atoms with E-state index < -0.39 is 10.8 Å². The van der Waals surface area contributed by atoms with E-state index in [0.717, 1.165) is 54.1 Å². The molecule has 1 fully saturated rings. The summed E-state index contributed by atoms with van der Waals surface area (Å²) in [5.41, 5.74) is 2.08. The fraction of sp³-hybridized carbons (Fsp3) is 0.550. The highest BCUT2D eigenvalue weighted by molar-refractivity contribution is 7.85. The summed E-state index contributed by atoms with van der Waals surface area (Å²) in [7, 11) is 1.07. The van der Waals surface area contributed by atoms with Gasteiger partial charge in [0.25, 0.3) is 0 Å². The first-order valence-corrected chi connectivity index (χ1v) is 10.8. The third kappa shape index (κ3) is 4.29. The van der Waals surface area contributed by atoms with Crippen LogP contribution in [0.25, 0.3) is 11.0 Å². The van der Waals surface area contributed by atoms with E-state index in [2.05, 4.69) is 28.6 Å². The topological polar surface area (TPSA) is 66.6 Å². The maximum atomic E-state index is 12.1. The molecule has 1 heterocycles. The normalized spacial score (nSPS) is 22.3. The molecule has 1 aliphatic rings. The smallest absolute Gasteiger partial charge is 0.191 e. The molecule has 2 N–H and O–H groups in total. The maximum Gasteiger partial charge on any atom is 0.191 e. The third-order valence-electron chi connectivity index (χ3n) is 5.21. The second kappa shape index (κ2) is 8.71. The SMILES string of the molecule is CCS(=O)C1CCCC(NC(=NC)NCc2oc3ccccc3c2C)C1. The molecule has 3 atom stereocenters. The molecule has 1 aromatic heterocycles. The van der Waals surface area contributed by atoms with Crippen molar-refractivity contribution in [1.82, 2.24) is 10.6 Å². The largest absolute Gasteiger partial charge is 0.459 e. The Morgan fingerprint density at radius 3 is 2.88 bits per heavy atom. The highest BCUT2D eigenvalue weighted by Crippen LogP contribution is 2.25. The molecule has 0 aliphatic heterocycles. The molecule has 0 radical (unpaired) electrons. The molecule has 0 saturated heterocycles. The van der Waals surface area contributed by atoms with Crippen LogP contribution in [0.15, 0.2) is 33.7 Å². The number of hydrogen-bond donors (Lipinski definition) is 2. The van der Waals surface area contributed by atoms with Crippen molar-refractivity contribution in [3.05, 3.63) is 35.6 Å². The van der Waals surface area contributed by atoms with Crippen molar-refractivity contribution in [1.29, 1.82) is 0 Å². The predicted octanol–water partition coefficient (Wildman–Crippen LogP) is 3.49. The van der Waals surface area contributed by atoms with Crippen LogP contribution in [-0.2, 0) is 17.3 Å². The zero-order chi connectivity index (χ0) is 18.5. The van der Waals surface area contributed by atoms with E-state index in [1.165, 1.54) is 5.56 Å². The zero-order valence-electron chi connectivity index (χ0n) is 15.9. The Morgan fingerprint density at radius 2 is 2.15 bits per heavy atom. The minimum atomic E-state index is -0.712. The summed E-state index contributed by atoms with van der Waals surface area (Å²) >= 11 is 0. The first-order chi connectivity index (χ1) is 12.6. The molecule has 1 aliphatic carbocycles. The van der Waals surface area contributed by atoms with Crippen LogP contribution in [0.3, 0.4) is 0 Å². The average molecular weight is 376 g/mol. The highest BCUT2D eigenvalue weighted by Gasteiger charge is 2.26. The van der Waals surface area contributed by atoms with E-state index in [4.69, 9.17) is 4.42 Å². The number of furan rings is 1. The van der Waals surface area contributed by atoms with Crippen molar-refractivity contribution in [3.8, 4) is 0 Å². The molecule has 26 heavy (non-hydrogen) atoms. The lowest BCUT2D eigenvalue weighted by Gasteiger charge is -2.30. The number of nitrogens with zero attached hydrogens (tertiary/aromatic N) is 1. The van der Waals surface area contributed by atoms with Gasteiger partial charge in [0.1, 0.15) is 11.3 Å². The van der Waals surface area contributed by atoms with E-state index in [1.54, 1.807) is 7.05 Å². The van der Waals surface area contributed by atoms with Crippen LogP contribution in [0.1, 0.15) is 43.9 Å². The number of aliphatic imine (C=N–C) groups is 1. The minimum Gasteiger partial charge on any atom is -0.459 e. The molecule has 2 aromatic rings. The lowest BCUT2D eigenvalue weighted by atomic mass is 9.95. The number of aryl methyl sites for hydroxylation is 1. The van der Waals surface area contributed by atoms with Crippen molar-refractivity contribution < 1.29 is 8.63 Å². The Labute approximate surface area is 158 Å². The van der Waals surface area contributed by atoms with Gasteiger partial charge in [-0.25, -0.2) is 0 Å². The Bertz CT molecular complexity index is 799. The number of guanidine groups is 1. The summed E-state index contributed by atoms with van der Waals surface area (Å²) in [6.07, 6.45) is 4.24. The Balaban J connectivity index is 1.59. The fourth-order valence-corrected chi connectivity index (χ4v) is 5.04. The maximum absolute atomic E-state index is 12.1. The molecule has 1 saturated carbocycles. The molecule has 0 amide bonds. The van der Waals surface area contributed by atoms with Gasteiger partial charge in [0.05, 0.1) is 6.54 Å². The molecule has 0 bridgehead atoms. The molecular weight excluding hydrogens is 346 g/mol. The number of rotatable bonds is 5. The Kier molecular flexibility index (Phi) is 6.35. The molecule has 1 aromatic carbocycles. The van der Waals surface area contributed by atoms with Crippen molar-refractivity contribution in [2.45, 2.75) is 57.4 Å². The van der Waals surface area contributed by atoms with Crippen molar-refractivity contribution in [3.63, 3.8) is 0 Å². The van der Waals surface area contributed by atoms with Crippen molar-refractivity contribution in [2.24, 2.45) is 4.99 Å². The standard InChI is InChI=1S/C20H29N3O2S/c1-4-26(24)16-9-7-8-15(12-16)23-20(21-3)22-13-19-14(2)17-10-5-6-11-18(17)25-19/h5-6,10-11,15-16H,4,7-9,12-13H2,1-3H3,(H2,21,22,23). The van der Waals surface area contributed by atoms with Gasteiger partial charge >= 0.3 is 0 Å². The second-order valence-corrected chi connectivity index (χ2v) is 8.88. The second-order valence-electron chi connectivity index (χ2n) is 6.87. The van der Waals surface area contributed by atoms with E-state index in [1.807, 2.05) is 25.1 Å². The highest BCUT2D eigenvalue weighted by atomic mass is 32.2. The van der Waals surface area contributed by atoms with Crippen molar-refractivity contribution in [2.75, 3.05) is 12.8 Å². The van der Waals surface area contributed by atoms with Crippen LogP contribution in [0, 0.1) is 6.92 Å². The molecule has 3 rings (SSSR count). The zero-order valence-corrected chi connectivity index (χ0v) is 16.7. The summed E-state index contributed by atoms with van der Waals surface area (Å²) in [6.45, 7) is 4.69. The molecular formula is C20H29N3O2S. The van der Waals surface area contributed by atoms with Crippen molar-refractivity contribution >= 4 is 27.7 Å². The van der Waals surface area contributed by atoms with Crippen LogP contribution in [-0.4, -0.2) is 34.3 Å².